The summed E-state index contributed by atoms with van der Waals surface area (Å²) in [6.45, 7) is 0.532. The molecule has 5 heteroatoms. The molecule has 1 fully saturated rings. The van der Waals surface area contributed by atoms with Gasteiger partial charge in [0, 0.05) is 0 Å². The molecule has 0 N–H and O–H groups in total. The van der Waals surface area contributed by atoms with Gasteiger partial charge < -0.3 is 9.47 Å². The first-order valence-corrected chi connectivity index (χ1v) is 10.1. The van der Waals surface area contributed by atoms with Gasteiger partial charge in [0.1, 0.15) is 23.5 Å². The first-order valence-electron chi connectivity index (χ1n) is 9.09. The number of carbonyl (C=O) groups excluding carboxylic acids is 1. The van der Waals surface area contributed by atoms with E-state index in [9.17, 15) is 4.79 Å². The fourth-order valence-electron chi connectivity index (χ4n) is 3.23. The normalized spacial score (nSPS) is 16.2. The average molecular weight is 391 g/mol. The lowest BCUT2D eigenvalue weighted by atomic mass is 10.1. The molecule has 0 radical (unpaired) electrons. The molecule has 0 bridgehead atoms. The Bertz CT molecular complexity index is 944. The van der Waals surface area contributed by atoms with Crippen molar-refractivity contribution in [2.75, 3.05) is 17.8 Å². The third kappa shape index (κ3) is 3.85. The molecular weight excluding hydrogens is 370 g/mol. The van der Waals surface area contributed by atoms with Crippen LogP contribution in [0.4, 0.5) is 5.69 Å². The number of para-hydroxylation sites is 2. The van der Waals surface area contributed by atoms with Crippen LogP contribution in [0.15, 0.2) is 78.9 Å². The van der Waals surface area contributed by atoms with Gasteiger partial charge in [0.05, 0.1) is 18.6 Å². The molecular formula is C23H21NO3S. The Kier molecular flexibility index (Phi) is 5.53. The number of methoxy groups -OCH3 is 1. The summed E-state index contributed by atoms with van der Waals surface area (Å²) in [6, 6.07) is 25.7. The van der Waals surface area contributed by atoms with Gasteiger partial charge in [-0.2, -0.15) is 0 Å². The quantitative estimate of drug-likeness (QED) is 0.589. The number of hydrogen-bond donors (Lipinski definition) is 0. The number of benzene rings is 3. The minimum Gasteiger partial charge on any atom is -0.495 e. The standard InChI is InChI=1S/C23H21NO3S/c1-26-21-10-6-5-9-20(21)24-22(25)16-28-23(24)18-11-13-19(14-12-18)27-15-17-7-3-2-4-8-17/h2-14,23H,15-16H2,1H3. The van der Waals surface area contributed by atoms with Crippen molar-refractivity contribution in [3.63, 3.8) is 0 Å². The monoisotopic (exact) mass is 391 g/mol. The van der Waals surface area contributed by atoms with Crippen LogP contribution in [0.2, 0.25) is 0 Å². The molecule has 1 amide bonds. The van der Waals surface area contributed by atoms with Crippen molar-refractivity contribution in [1.29, 1.82) is 0 Å². The number of thioether (sulfide) groups is 1. The molecule has 1 aliphatic rings. The molecule has 1 saturated heterocycles. The number of anilines is 1. The topological polar surface area (TPSA) is 38.8 Å². The molecule has 0 saturated carbocycles. The molecule has 1 aliphatic heterocycles. The van der Waals surface area contributed by atoms with Crippen LogP contribution in [0, 0.1) is 0 Å². The lowest BCUT2D eigenvalue weighted by Gasteiger charge is -2.26. The fraction of sp³-hybridized carbons (Fsp3) is 0.174. The minimum absolute atomic E-state index is 0.0769. The third-order valence-corrected chi connectivity index (χ3v) is 5.84. The van der Waals surface area contributed by atoms with Crippen LogP contribution in [0.5, 0.6) is 11.5 Å². The molecule has 28 heavy (non-hydrogen) atoms. The summed E-state index contributed by atoms with van der Waals surface area (Å²) >= 11 is 1.62. The van der Waals surface area contributed by atoms with E-state index in [2.05, 4.69) is 0 Å². The zero-order valence-electron chi connectivity index (χ0n) is 15.6. The lowest BCUT2D eigenvalue weighted by molar-refractivity contribution is -0.115. The highest BCUT2D eigenvalue weighted by molar-refractivity contribution is 8.00. The SMILES string of the molecule is COc1ccccc1N1C(=O)CSC1c1ccc(OCc2ccccc2)cc1. The van der Waals surface area contributed by atoms with E-state index >= 15 is 0 Å². The zero-order valence-corrected chi connectivity index (χ0v) is 16.4. The summed E-state index contributed by atoms with van der Waals surface area (Å²) in [4.78, 5) is 14.4. The molecule has 0 aliphatic carbocycles. The van der Waals surface area contributed by atoms with Crippen molar-refractivity contribution >= 4 is 23.4 Å². The Balaban J connectivity index is 1.52. The van der Waals surface area contributed by atoms with E-state index in [-0.39, 0.29) is 11.3 Å². The lowest BCUT2D eigenvalue weighted by Crippen LogP contribution is -2.28. The Morgan fingerprint density at radius 2 is 1.68 bits per heavy atom. The first-order chi connectivity index (χ1) is 13.8. The number of ether oxygens (including phenoxy) is 2. The Hall–Kier alpha value is -2.92. The highest BCUT2D eigenvalue weighted by atomic mass is 32.2. The van der Waals surface area contributed by atoms with E-state index in [1.807, 2.05) is 83.8 Å². The van der Waals surface area contributed by atoms with Gasteiger partial charge in [0.25, 0.3) is 0 Å². The van der Waals surface area contributed by atoms with Crippen molar-refractivity contribution in [3.05, 3.63) is 90.0 Å². The molecule has 1 unspecified atom stereocenters. The van der Waals surface area contributed by atoms with Crippen LogP contribution in [-0.4, -0.2) is 18.8 Å². The number of nitrogens with zero attached hydrogens (tertiary/aromatic N) is 1. The van der Waals surface area contributed by atoms with Gasteiger partial charge in [0.15, 0.2) is 0 Å². The second-order valence-corrected chi connectivity index (χ2v) is 7.51. The molecule has 0 aromatic heterocycles. The Morgan fingerprint density at radius 3 is 2.43 bits per heavy atom. The van der Waals surface area contributed by atoms with Crippen molar-refractivity contribution in [2.45, 2.75) is 12.0 Å². The summed E-state index contributed by atoms with van der Waals surface area (Å²) < 4.78 is 11.3. The van der Waals surface area contributed by atoms with E-state index in [1.54, 1.807) is 18.9 Å². The number of rotatable bonds is 6. The van der Waals surface area contributed by atoms with Gasteiger partial charge in [-0.15, -0.1) is 11.8 Å². The van der Waals surface area contributed by atoms with E-state index in [0.29, 0.717) is 18.1 Å². The van der Waals surface area contributed by atoms with E-state index < -0.39 is 0 Å². The summed E-state index contributed by atoms with van der Waals surface area (Å²) in [7, 11) is 1.63. The maximum absolute atomic E-state index is 12.6. The molecule has 1 heterocycles. The van der Waals surface area contributed by atoms with Gasteiger partial charge >= 0.3 is 0 Å². The predicted molar refractivity (Wildman–Crippen MR) is 113 cm³/mol. The van der Waals surface area contributed by atoms with Crippen LogP contribution >= 0.6 is 11.8 Å². The van der Waals surface area contributed by atoms with Crippen LogP contribution in [0.1, 0.15) is 16.5 Å². The zero-order chi connectivity index (χ0) is 19.3. The maximum atomic E-state index is 12.6. The van der Waals surface area contributed by atoms with E-state index in [4.69, 9.17) is 9.47 Å². The van der Waals surface area contributed by atoms with Crippen molar-refractivity contribution in [1.82, 2.24) is 0 Å². The van der Waals surface area contributed by atoms with Crippen molar-refractivity contribution in [2.24, 2.45) is 0 Å². The highest BCUT2D eigenvalue weighted by Gasteiger charge is 2.35. The summed E-state index contributed by atoms with van der Waals surface area (Å²) in [5.41, 5.74) is 2.99. The second kappa shape index (κ2) is 8.40. The Morgan fingerprint density at radius 1 is 0.964 bits per heavy atom. The van der Waals surface area contributed by atoms with Crippen LogP contribution in [-0.2, 0) is 11.4 Å². The molecule has 1 atom stereocenters. The summed E-state index contributed by atoms with van der Waals surface area (Å²) in [6.07, 6.45) is 0. The second-order valence-electron chi connectivity index (χ2n) is 6.44. The fourth-order valence-corrected chi connectivity index (χ4v) is 4.40. The van der Waals surface area contributed by atoms with Gasteiger partial charge in [0.2, 0.25) is 5.91 Å². The maximum Gasteiger partial charge on any atom is 0.238 e. The number of amides is 1. The van der Waals surface area contributed by atoms with Gasteiger partial charge in [-0.05, 0) is 35.4 Å². The molecule has 142 valence electrons. The Labute approximate surface area is 169 Å². The van der Waals surface area contributed by atoms with Crippen LogP contribution in [0.25, 0.3) is 0 Å². The molecule has 0 spiro atoms. The number of hydrogen-bond acceptors (Lipinski definition) is 4. The number of carbonyl (C=O) groups is 1. The van der Waals surface area contributed by atoms with E-state index in [1.165, 1.54) is 0 Å². The first kappa shape index (κ1) is 18.4. The molecule has 3 aromatic rings. The van der Waals surface area contributed by atoms with Crippen LogP contribution in [0.3, 0.4) is 0 Å². The van der Waals surface area contributed by atoms with Crippen LogP contribution < -0.4 is 14.4 Å². The third-order valence-electron chi connectivity index (χ3n) is 4.63. The summed E-state index contributed by atoms with van der Waals surface area (Å²) in [5, 5.41) is -0.0769. The average Bonchev–Trinajstić information content (AvgIpc) is 3.14. The molecule has 4 nitrogen and oxygen atoms in total. The largest absolute Gasteiger partial charge is 0.495 e. The van der Waals surface area contributed by atoms with Gasteiger partial charge in [-0.3, -0.25) is 9.69 Å². The smallest absolute Gasteiger partial charge is 0.238 e. The molecule has 3 aromatic carbocycles. The minimum atomic E-state index is -0.0769. The highest BCUT2D eigenvalue weighted by Crippen LogP contribution is 2.44. The van der Waals surface area contributed by atoms with Gasteiger partial charge in [-0.1, -0.05) is 54.6 Å². The predicted octanol–water partition coefficient (Wildman–Crippen LogP) is 5.05. The molecule has 4 rings (SSSR count). The van der Waals surface area contributed by atoms with Gasteiger partial charge in [-0.25, -0.2) is 0 Å². The van der Waals surface area contributed by atoms with Crippen molar-refractivity contribution in [3.8, 4) is 11.5 Å². The van der Waals surface area contributed by atoms with E-state index in [0.717, 1.165) is 22.6 Å². The van der Waals surface area contributed by atoms with Crippen molar-refractivity contribution < 1.29 is 14.3 Å². The summed E-state index contributed by atoms with van der Waals surface area (Å²) in [5.74, 6) is 2.05.